The van der Waals surface area contributed by atoms with Crippen LogP contribution < -0.4 is 5.32 Å². The van der Waals surface area contributed by atoms with Crippen LogP contribution in [0.25, 0.3) is 0 Å². The molecule has 2 saturated carbocycles. The van der Waals surface area contributed by atoms with Crippen molar-refractivity contribution in [2.75, 3.05) is 6.54 Å². The fourth-order valence-corrected chi connectivity index (χ4v) is 5.75. The summed E-state index contributed by atoms with van der Waals surface area (Å²) >= 11 is 0. The van der Waals surface area contributed by atoms with Crippen LogP contribution in [-0.2, 0) is 14.3 Å². The van der Waals surface area contributed by atoms with Crippen LogP contribution >= 0.6 is 0 Å². The highest BCUT2D eigenvalue weighted by Gasteiger charge is 2.59. The molecule has 0 aliphatic heterocycles. The van der Waals surface area contributed by atoms with Crippen molar-refractivity contribution in [1.29, 1.82) is 0 Å². The number of carbonyl (C=O) groups is 2. The average Bonchev–Trinajstić information content (AvgIpc) is 2.34. The Bertz CT molecular complexity index is 487. The maximum absolute atomic E-state index is 11.7. The lowest BCUT2D eigenvalue weighted by molar-refractivity contribution is -0.196. The molecule has 4 heteroatoms. The molecule has 2 fully saturated rings. The fourth-order valence-electron chi connectivity index (χ4n) is 5.75. The molecule has 2 aliphatic rings. The van der Waals surface area contributed by atoms with E-state index in [0.717, 1.165) is 19.3 Å². The van der Waals surface area contributed by atoms with E-state index in [1.54, 1.807) is 6.92 Å². The number of carbonyl (C=O) groups excluding carboxylic acids is 2. The second-order valence-corrected chi connectivity index (χ2v) is 8.84. The van der Waals surface area contributed by atoms with Gasteiger partial charge in [0.05, 0.1) is 0 Å². The number of fused-ring (bicyclic) bond motifs is 1. The van der Waals surface area contributed by atoms with Gasteiger partial charge in [0.25, 0.3) is 0 Å². The average molecular weight is 323 g/mol. The van der Waals surface area contributed by atoms with Crippen molar-refractivity contribution in [2.24, 2.45) is 22.7 Å². The van der Waals surface area contributed by atoms with Crippen molar-refractivity contribution in [3.05, 3.63) is 0 Å². The van der Waals surface area contributed by atoms with Gasteiger partial charge in [-0.05, 0) is 49.4 Å². The van der Waals surface area contributed by atoms with Crippen molar-refractivity contribution < 1.29 is 14.3 Å². The largest absolute Gasteiger partial charge is 0.459 e. The summed E-state index contributed by atoms with van der Waals surface area (Å²) in [5.41, 5.74) is -0.0986. The fraction of sp³-hybridized carbons (Fsp3) is 0.895. The molecule has 0 aromatic heterocycles. The first-order chi connectivity index (χ1) is 10.5. The molecule has 23 heavy (non-hydrogen) atoms. The van der Waals surface area contributed by atoms with E-state index in [-0.39, 0.29) is 23.2 Å². The number of ether oxygens (including phenoxy) is 1. The second kappa shape index (κ2) is 6.10. The van der Waals surface area contributed by atoms with Crippen LogP contribution in [0.3, 0.4) is 0 Å². The molecule has 1 amide bonds. The zero-order valence-corrected chi connectivity index (χ0v) is 15.6. The predicted molar refractivity (Wildman–Crippen MR) is 90.8 cm³/mol. The van der Waals surface area contributed by atoms with Gasteiger partial charge in [0.2, 0.25) is 5.91 Å². The van der Waals surface area contributed by atoms with Gasteiger partial charge in [-0.1, -0.05) is 27.2 Å². The third-order valence-corrected chi connectivity index (χ3v) is 6.67. The van der Waals surface area contributed by atoms with Crippen molar-refractivity contribution >= 4 is 11.9 Å². The standard InChI is InChI=1S/C19H33NO3/c1-13(21)20-12-16-18(5)10-7-9-17(3,4)15(18)8-11-19(16,6)23-14(2)22/h15-16H,7-12H2,1-6H3,(H,20,21)/t15?,16-,18+,19-/m1/s1. The van der Waals surface area contributed by atoms with Gasteiger partial charge in [0.15, 0.2) is 0 Å². The highest BCUT2D eigenvalue weighted by atomic mass is 16.6. The molecule has 2 aliphatic carbocycles. The lowest BCUT2D eigenvalue weighted by Gasteiger charge is -2.61. The molecule has 0 radical (unpaired) electrons. The van der Waals surface area contributed by atoms with E-state index in [1.807, 2.05) is 0 Å². The molecule has 0 aromatic rings. The molecule has 0 heterocycles. The molecule has 1 N–H and O–H groups in total. The maximum Gasteiger partial charge on any atom is 0.303 e. The zero-order chi connectivity index (χ0) is 17.5. The molecular formula is C19H33NO3. The van der Waals surface area contributed by atoms with E-state index in [9.17, 15) is 9.59 Å². The normalized spacial score (nSPS) is 39.2. The van der Waals surface area contributed by atoms with Gasteiger partial charge in [-0.3, -0.25) is 9.59 Å². The van der Waals surface area contributed by atoms with Gasteiger partial charge in [0.1, 0.15) is 5.60 Å². The minimum absolute atomic E-state index is 0.0176. The van der Waals surface area contributed by atoms with E-state index >= 15 is 0 Å². The molecule has 0 saturated heterocycles. The first kappa shape index (κ1) is 18.3. The highest BCUT2D eigenvalue weighted by molar-refractivity contribution is 5.72. The monoisotopic (exact) mass is 323 g/mol. The third kappa shape index (κ3) is 3.41. The smallest absolute Gasteiger partial charge is 0.303 e. The molecule has 0 spiro atoms. The Balaban J connectivity index is 2.38. The van der Waals surface area contributed by atoms with E-state index in [1.165, 1.54) is 19.8 Å². The number of hydrogen-bond donors (Lipinski definition) is 1. The van der Waals surface area contributed by atoms with Crippen molar-refractivity contribution in [3.8, 4) is 0 Å². The predicted octanol–water partition coefficient (Wildman–Crippen LogP) is 3.69. The molecule has 0 bridgehead atoms. The highest BCUT2D eigenvalue weighted by Crippen LogP contribution is 2.62. The first-order valence-electron chi connectivity index (χ1n) is 8.95. The first-order valence-corrected chi connectivity index (χ1v) is 8.95. The van der Waals surface area contributed by atoms with E-state index in [4.69, 9.17) is 4.74 Å². The number of esters is 1. The van der Waals surface area contributed by atoms with Crippen LogP contribution in [0.4, 0.5) is 0 Å². The Labute approximate surface area is 140 Å². The number of amides is 1. The quantitative estimate of drug-likeness (QED) is 0.806. The van der Waals surface area contributed by atoms with Crippen LogP contribution in [-0.4, -0.2) is 24.0 Å². The van der Waals surface area contributed by atoms with Gasteiger partial charge in [-0.25, -0.2) is 0 Å². The Morgan fingerprint density at radius 3 is 2.30 bits per heavy atom. The minimum Gasteiger partial charge on any atom is -0.459 e. The minimum atomic E-state index is -0.493. The SMILES string of the molecule is CC(=O)NC[C@H]1[C@](C)(OC(C)=O)CCC2C(C)(C)CCC[C@@]21C. The summed E-state index contributed by atoms with van der Waals surface area (Å²) in [6.45, 7) is 12.8. The van der Waals surface area contributed by atoms with E-state index in [0.29, 0.717) is 17.9 Å². The van der Waals surface area contributed by atoms with Gasteiger partial charge in [-0.15, -0.1) is 0 Å². The summed E-state index contributed by atoms with van der Waals surface area (Å²) in [4.78, 5) is 23.2. The summed E-state index contributed by atoms with van der Waals surface area (Å²) < 4.78 is 5.82. The Morgan fingerprint density at radius 2 is 1.74 bits per heavy atom. The molecular weight excluding hydrogens is 290 g/mol. The summed E-state index contributed by atoms with van der Waals surface area (Å²) in [6, 6.07) is 0. The van der Waals surface area contributed by atoms with Gasteiger partial charge in [-0.2, -0.15) is 0 Å². The maximum atomic E-state index is 11.7. The topological polar surface area (TPSA) is 55.4 Å². The van der Waals surface area contributed by atoms with Crippen molar-refractivity contribution in [1.82, 2.24) is 5.32 Å². The lowest BCUT2D eigenvalue weighted by atomic mass is 9.45. The van der Waals surface area contributed by atoms with Crippen LogP contribution in [0.15, 0.2) is 0 Å². The second-order valence-electron chi connectivity index (χ2n) is 8.84. The van der Waals surface area contributed by atoms with Crippen LogP contribution in [0.1, 0.15) is 73.6 Å². The van der Waals surface area contributed by atoms with Gasteiger partial charge < -0.3 is 10.1 Å². The van der Waals surface area contributed by atoms with E-state index in [2.05, 4.69) is 33.0 Å². The Morgan fingerprint density at radius 1 is 1.09 bits per heavy atom. The summed E-state index contributed by atoms with van der Waals surface area (Å²) in [5, 5.41) is 3.00. The van der Waals surface area contributed by atoms with E-state index < -0.39 is 5.60 Å². The van der Waals surface area contributed by atoms with Crippen molar-refractivity contribution in [3.63, 3.8) is 0 Å². The summed E-state index contributed by atoms with van der Waals surface area (Å²) in [6.07, 6.45) is 5.56. The third-order valence-electron chi connectivity index (χ3n) is 6.67. The Kier molecular flexibility index (Phi) is 4.85. The molecule has 132 valence electrons. The summed E-state index contributed by atoms with van der Waals surface area (Å²) in [5.74, 6) is 0.515. The van der Waals surface area contributed by atoms with Crippen LogP contribution in [0.2, 0.25) is 0 Å². The molecule has 4 nitrogen and oxygen atoms in total. The zero-order valence-electron chi connectivity index (χ0n) is 15.6. The number of hydrogen-bond acceptors (Lipinski definition) is 3. The van der Waals surface area contributed by atoms with Crippen LogP contribution in [0, 0.1) is 22.7 Å². The molecule has 4 atom stereocenters. The number of rotatable bonds is 3. The lowest BCUT2D eigenvalue weighted by Crippen LogP contribution is -2.61. The molecule has 2 rings (SSSR count). The van der Waals surface area contributed by atoms with Gasteiger partial charge >= 0.3 is 5.97 Å². The van der Waals surface area contributed by atoms with Gasteiger partial charge in [0, 0.05) is 26.3 Å². The molecule has 1 unspecified atom stereocenters. The number of nitrogens with one attached hydrogen (secondary N) is 1. The van der Waals surface area contributed by atoms with Crippen molar-refractivity contribution in [2.45, 2.75) is 79.2 Å². The summed E-state index contributed by atoms with van der Waals surface area (Å²) in [7, 11) is 0. The molecule has 0 aromatic carbocycles. The Hall–Kier alpha value is -1.06. The van der Waals surface area contributed by atoms with Crippen LogP contribution in [0.5, 0.6) is 0 Å².